The zero-order chi connectivity index (χ0) is 14.6. The maximum Gasteiger partial charge on any atom is 0.258 e. The summed E-state index contributed by atoms with van der Waals surface area (Å²) >= 11 is 0. The lowest BCUT2D eigenvalue weighted by molar-refractivity contribution is 0.539. The molecule has 1 heterocycles. The zero-order valence-corrected chi connectivity index (χ0v) is 12.9. The number of fused-ring (bicyclic) bond motifs is 1. The quantitative estimate of drug-likeness (QED) is 0.764. The van der Waals surface area contributed by atoms with Crippen LogP contribution in [0.4, 0.5) is 0 Å². The average molecular weight is 259 g/mol. The topological polar surface area (TPSA) is 22.0 Å². The number of hydrogen-bond donors (Lipinski definition) is 0. The van der Waals surface area contributed by atoms with Gasteiger partial charge in [-0.15, -0.1) is 0 Å². The smallest absolute Gasteiger partial charge is 0.258 e. The Balaban J connectivity index is 0.000000861. The van der Waals surface area contributed by atoms with E-state index in [9.17, 15) is 4.79 Å². The largest absolute Gasteiger partial charge is 0.309 e. The van der Waals surface area contributed by atoms with Crippen LogP contribution in [0.1, 0.15) is 59.2 Å². The van der Waals surface area contributed by atoms with Gasteiger partial charge in [0.1, 0.15) is 0 Å². The fourth-order valence-electron chi connectivity index (χ4n) is 2.27. The fraction of sp³-hybridized carbons (Fsp3) is 0.471. The number of benzene rings is 1. The van der Waals surface area contributed by atoms with E-state index in [1.54, 1.807) is 0 Å². The van der Waals surface area contributed by atoms with Gasteiger partial charge in [-0.3, -0.25) is 4.79 Å². The second-order valence-electron chi connectivity index (χ2n) is 5.08. The first-order chi connectivity index (χ1) is 9.02. The normalized spacial score (nSPS) is 10.7. The molecule has 0 fully saturated rings. The van der Waals surface area contributed by atoms with Gasteiger partial charge >= 0.3 is 0 Å². The Hall–Kier alpha value is -1.57. The van der Waals surface area contributed by atoms with Gasteiger partial charge in [0.2, 0.25) is 0 Å². The first-order valence-corrected chi connectivity index (χ1v) is 7.16. The molecule has 0 radical (unpaired) electrons. The Kier molecular flexibility index (Phi) is 5.34. The van der Waals surface area contributed by atoms with Gasteiger partial charge in [0, 0.05) is 17.1 Å². The van der Waals surface area contributed by atoms with E-state index in [0.717, 1.165) is 16.5 Å². The highest BCUT2D eigenvalue weighted by Crippen LogP contribution is 2.21. The van der Waals surface area contributed by atoms with Crippen LogP contribution >= 0.6 is 0 Å². The molecule has 19 heavy (non-hydrogen) atoms. The molecule has 0 saturated heterocycles. The molecule has 1 aromatic carbocycles. The summed E-state index contributed by atoms with van der Waals surface area (Å²) in [7, 11) is 0. The fourth-order valence-corrected chi connectivity index (χ4v) is 2.27. The molecule has 104 valence electrons. The van der Waals surface area contributed by atoms with E-state index < -0.39 is 0 Å². The molecule has 2 aromatic rings. The van der Waals surface area contributed by atoms with Crippen molar-refractivity contribution in [3.63, 3.8) is 0 Å². The van der Waals surface area contributed by atoms with E-state index in [0.29, 0.717) is 5.92 Å². The number of nitrogens with zero attached hydrogens (tertiary/aromatic N) is 1. The van der Waals surface area contributed by atoms with Gasteiger partial charge in [0.15, 0.2) is 0 Å². The van der Waals surface area contributed by atoms with Crippen molar-refractivity contribution in [2.24, 2.45) is 0 Å². The molecule has 1 aromatic heterocycles. The maximum atomic E-state index is 12.5. The molecule has 0 aliphatic rings. The zero-order valence-electron chi connectivity index (χ0n) is 12.9. The lowest BCUT2D eigenvalue weighted by Crippen LogP contribution is -2.26. The molecule has 0 unspecified atom stereocenters. The third-order valence-corrected chi connectivity index (χ3v) is 3.10. The molecule has 0 amide bonds. The van der Waals surface area contributed by atoms with Gasteiger partial charge < -0.3 is 4.57 Å². The minimum atomic E-state index is 0.127. The van der Waals surface area contributed by atoms with Crippen LogP contribution < -0.4 is 5.56 Å². The lowest BCUT2D eigenvalue weighted by Gasteiger charge is -2.20. The number of aromatic nitrogens is 1. The molecule has 0 bridgehead atoms. The molecule has 0 spiro atoms. The Morgan fingerprint density at radius 2 is 1.58 bits per heavy atom. The van der Waals surface area contributed by atoms with Crippen LogP contribution in [0.3, 0.4) is 0 Å². The van der Waals surface area contributed by atoms with E-state index in [-0.39, 0.29) is 11.6 Å². The SMILES string of the molecule is CC.CC(C)c1cc2ccccc2c(=O)n1C(C)C. The van der Waals surface area contributed by atoms with Crippen molar-refractivity contribution in [3.8, 4) is 0 Å². The van der Waals surface area contributed by atoms with E-state index in [1.807, 2.05) is 42.7 Å². The van der Waals surface area contributed by atoms with Gasteiger partial charge in [-0.25, -0.2) is 0 Å². The van der Waals surface area contributed by atoms with Gasteiger partial charge in [-0.05, 0) is 37.3 Å². The number of rotatable bonds is 2. The average Bonchev–Trinajstić information content (AvgIpc) is 2.40. The molecule has 0 saturated carbocycles. The van der Waals surface area contributed by atoms with Crippen molar-refractivity contribution in [1.82, 2.24) is 4.57 Å². The van der Waals surface area contributed by atoms with Gasteiger partial charge in [0.25, 0.3) is 5.56 Å². The Labute approximate surface area is 116 Å². The van der Waals surface area contributed by atoms with Crippen molar-refractivity contribution in [2.75, 3.05) is 0 Å². The second-order valence-corrected chi connectivity index (χ2v) is 5.08. The molecule has 0 aliphatic heterocycles. The van der Waals surface area contributed by atoms with Crippen LogP contribution in [-0.4, -0.2) is 4.57 Å². The van der Waals surface area contributed by atoms with Crippen LogP contribution in [0.2, 0.25) is 0 Å². The molecule has 0 N–H and O–H groups in total. The summed E-state index contributed by atoms with van der Waals surface area (Å²) in [6, 6.07) is 10.1. The van der Waals surface area contributed by atoms with Crippen LogP contribution in [0, 0.1) is 0 Å². The second kappa shape index (κ2) is 6.55. The van der Waals surface area contributed by atoms with Crippen LogP contribution in [-0.2, 0) is 0 Å². The summed E-state index contributed by atoms with van der Waals surface area (Å²) in [5, 5.41) is 1.85. The summed E-state index contributed by atoms with van der Waals surface area (Å²) in [5.41, 5.74) is 1.24. The first kappa shape index (κ1) is 15.5. The van der Waals surface area contributed by atoms with E-state index in [4.69, 9.17) is 0 Å². The monoisotopic (exact) mass is 259 g/mol. The molecular weight excluding hydrogens is 234 g/mol. The maximum absolute atomic E-state index is 12.5. The Bertz CT molecular complexity index is 594. The van der Waals surface area contributed by atoms with Crippen LogP contribution in [0.5, 0.6) is 0 Å². The predicted octanol–water partition coefficient (Wildman–Crippen LogP) is 4.73. The highest BCUT2D eigenvalue weighted by atomic mass is 16.1. The minimum absolute atomic E-state index is 0.127. The number of pyridine rings is 1. The number of hydrogen-bond acceptors (Lipinski definition) is 1. The third kappa shape index (κ3) is 3.06. The van der Waals surface area contributed by atoms with E-state index in [2.05, 4.69) is 33.8 Å². The van der Waals surface area contributed by atoms with Crippen LogP contribution in [0.15, 0.2) is 35.1 Å². The molecular formula is C17H25NO. The summed E-state index contributed by atoms with van der Waals surface area (Å²) in [5.74, 6) is 0.356. The van der Waals surface area contributed by atoms with Crippen molar-refractivity contribution in [2.45, 2.75) is 53.5 Å². The van der Waals surface area contributed by atoms with Gasteiger partial charge in [-0.2, -0.15) is 0 Å². The van der Waals surface area contributed by atoms with Gasteiger partial charge in [-0.1, -0.05) is 45.9 Å². The van der Waals surface area contributed by atoms with Gasteiger partial charge in [0.05, 0.1) is 0 Å². The lowest BCUT2D eigenvalue weighted by atomic mass is 10.0. The molecule has 2 rings (SSSR count). The predicted molar refractivity (Wildman–Crippen MR) is 84.0 cm³/mol. The Morgan fingerprint density at radius 3 is 2.11 bits per heavy atom. The van der Waals surface area contributed by atoms with Crippen molar-refractivity contribution in [3.05, 3.63) is 46.4 Å². The van der Waals surface area contributed by atoms with Crippen molar-refractivity contribution >= 4 is 10.8 Å². The summed E-state index contributed by atoms with van der Waals surface area (Å²) in [4.78, 5) is 12.5. The summed E-state index contributed by atoms with van der Waals surface area (Å²) in [6.45, 7) is 12.4. The molecule has 0 aliphatic carbocycles. The highest BCUT2D eigenvalue weighted by molar-refractivity contribution is 5.82. The standard InChI is InChI=1S/C15H19NO.C2H6/c1-10(2)14-9-12-7-5-6-8-13(12)15(17)16(14)11(3)4;1-2/h5-11H,1-4H3;1-2H3. The third-order valence-electron chi connectivity index (χ3n) is 3.10. The Morgan fingerprint density at radius 1 is 1.00 bits per heavy atom. The van der Waals surface area contributed by atoms with E-state index >= 15 is 0 Å². The molecule has 0 atom stereocenters. The van der Waals surface area contributed by atoms with Crippen molar-refractivity contribution < 1.29 is 0 Å². The van der Waals surface area contributed by atoms with Crippen LogP contribution in [0.25, 0.3) is 10.8 Å². The first-order valence-electron chi connectivity index (χ1n) is 7.16. The summed E-state index contributed by atoms with van der Waals surface area (Å²) < 4.78 is 1.91. The molecule has 2 nitrogen and oxygen atoms in total. The van der Waals surface area contributed by atoms with Crippen molar-refractivity contribution in [1.29, 1.82) is 0 Å². The minimum Gasteiger partial charge on any atom is -0.309 e. The molecule has 2 heteroatoms. The highest BCUT2D eigenvalue weighted by Gasteiger charge is 2.13. The van der Waals surface area contributed by atoms with E-state index in [1.165, 1.54) is 0 Å². The summed E-state index contributed by atoms with van der Waals surface area (Å²) in [6.07, 6.45) is 0.